The van der Waals surface area contributed by atoms with Crippen molar-refractivity contribution in [3.05, 3.63) is 0 Å². The third-order valence-corrected chi connectivity index (χ3v) is 5.03. The Morgan fingerprint density at radius 2 is 1.90 bits per heavy atom. The van der Waals surface area contributed by atoms with E-state index in [4.69, 9.17) is 5.11 Å². The molecule has 5 heteroatoms. The third-order valence-electron chi connectivity index (χ3n) is 5.03. The zero-order chi connectivity index (χ0) is 14.9. The van der Waals surface area contributed by atoms with E-state index in [1.165, 1.54) is 12.8 Å². The second-order valence-corrected chi connectivity index (χ2v) is 6.74. The van der Waals surface area contributed by atoms with Crippen molar-refractivity contribution in [3.63, 3.8) is 0 Å². The van der Waals surface area contributed by atoms with Crippen molar-refractivity contribution in [2.24, 2.45) is 23.7 Å². The van der Waals surface area contributed by atoms with Crippen LogP contribution in [0.2, 0.25) is 0 Å². The summed E-state index contributed by atoms with van der Waals surface area (Å²) in [5.74, 6) is 0.237. The van der Waals surface area contributed by atoms with Crippen LogP contribution in [0.15, 0.2) is 0 Å². The first kappa shape index (κ1) is 15.1. The molecule has 5 nitrogen and oxygen atoms in total. The Bertz CT molecular complexity index is 379. The molecular weight excluding hydrogens is 256 g/mol. The molecule has 0 spiro atoms. The molecule has 1 aliphatic carbocycles. The molecule has 1 aliphatic heterocycles. The quantitative estimate of drug-likeness (QED) is 0.833. The number of hydrogen-bond acceptors (Lipinski definition) is 2. The van der Waals surface area contributed by atoms with Crippen LogP contribution in [0.3, 0.4) is 0 Å². The van der Waals surface area contributed by atoms with Crippen LogP contribution in [0, 0.1) is 23.7 Å². The number of urea groups is 1. The van der Waals surface area contributed by atoms with Gasteiger partial charge in [-0.15, -0.1) is 0 Å². The Balaban J connectivity index is 1.76. The molecule has 1 heterocycles. The number of nitrogens with zero attached hydrogens (tertiary/aromatic N) is 1. The van der Waals surface area contributed by atoms with E-state index in [-0.39, 0.29) is 23.9 Å². The number of likely N-dealkylation sites (tertiary alicyclic amines) is 1. The molecule has 2 rings (SSSR count). The molecule has 2 N–H and O–H groups in total. The molecule has 0 radical (unpaired) electrons. The van der Waals surface area contributed by atoms with Gasteiger partial charge in [0.2, 0.25) is 0 Å². The third kappa shape index (κ3) is 3.25. The lowest BCUT2D eigenvalue weighted by Crippen LogP contribution is -2.58. The van der Waals surface area contributed by atoms with Crippen LogP contribution >= 0.6 is 0 Å². The van der Waals surface area contributed by atoms with E-state index in [1.54, 1.807) is 11.8 Å². The summed E-state index contributed by atoms with van der Waals surface area (Å²) in [6, 6.07) is 0.250. The molecule has 2 fully saturated rings. The summed E-state index contributed by atoms with van der Waals surface area (Å²) in [7, 11) is 0. The molecule has 4 unspecified atom stereocenters. The van der Waals surface area contributed by atoms with Crippen molar-refractivity contribution in [3.8, 4) is 0 Å². The topological polar surface area (TPSA) is 69.6 Å². The molecule has 0 bridgehead atoms. The Kier molecular flexibility index (Phi) is 4.55. The van der Waals surface area contributed by atoms with Gasteiger partial charge in [0.15, 0.2) is 0 Å². The fourth-order valence-corrected chi connectivity index (χ4v) is 3.33. The highest BCUT2D eigenvalue weighted by Crippen LogP contribution is 2.29. The SMILES string of the molecule is CC1CCC(NC(=O)N2CC(C(C)C(=O)O)C2)C(C)C1. The molecule has 1 saturated heterocycles. The fraction of sp³-hybridized carbons (Fsp3) is 0.867. The van der Waals surface area contributed by atoms with Gasteiger partial charge in [-0.3, -0.25) is 4.79 Å². The highest BCUT2D eigenvalue weighted by Gasteiger charge is 2.38. The van der Waals surface area contributed by atoms with Crippen LogP contribution in [0.5, 0.6) is 0 Å². The summed E-state index contributed by atoms with van der Waals surface area (Å²) in [5.41, 5.74) is 0. The second kappa shape index (κ2) is 6.02. The Hall–Kier alpha value is -1.26. The maximum absolute atomic E-state index is 12.1. The van der Waals surface area contributed by atoms with Crippen molar-refractivity contribution in [2.45, 2.75) is 46.1 Å². The van der Waals surface area contributed by atoms with Gasteiger partial charge >= 0.3 is 12.0 Å². The average Bonchev–Trinajstić information content (AvgIpc) is 2.30. The van der Waals surface area contributed by atoms with Gasteiger partial charge in [-0.1, -0.05) is 20.8 Å². The predicted molar refractivity (Wildman–Crippen MR) is 76.4 cm³/mol. The molecular formula is C15H26N2O3. The van der Waals surface area contributed by atoms with Gasteiger partial charge < -0.3 is 15.3 Å². The lowest BCUT2D eigenvalue weighted by molar-refractivity contribution is -0.144. The number of hydrogen-bond donors (Lipinski definition) is 2. The Morgan fingerprint density at radius 1 is 1.25 bits per heavy atom. The van der Waals surface area contributed by atoms with Crippen molar-refractivity contribution in [2.75, 3.05) is 13.1 Å². The van der Waals surface area contributed by atoms with Crippen LogP contribution in [0.1, 0.15) is 40.0 Å². The molecule has 0 aromatic rings. The summed E-state index contributed by atoms with van der Waals surface area (Å²) in [5, 5.41) is 12.1. The van der Waals surface area contributed by atoms with Gasteiger partial charge in [-0.25, -0.2) is 4.79 Å². The van der Waals surface area contributed by atoms with E-state index in [0.29, 0.717) is 19.0 Å². The summed E-state index contributed by atoms with van der Waals surface area (Å²) in [6.07, 6.45) is 3.40. The highest BCUT2D eigenvalue weighted by atomic mass is 16.4. The Labute approximate surface area is 120 Å². The minimum absolute atomic E-state index is 0.0229. The van der Waals surface area contributed by atoms with Gasteiger partial charge in [0.05, 0.1) is 5.92 Å². The molecule has 1 saturated carbocycles. The standard InChI is InChI=1S/C15H26N2O3/c1-9-4-5-13(10(2)6-9)16-15(20)17-7-12(8-17)11(3)14(18)19/h9-13H,4-8H2,1-3H3,(H,16,20)(H,18,19). The smallest absolute Gasteiger partial charge is 0.317 e. The number of rotatable bonds is 3. The van der Waals surface area contributed by atoms with Gasteiger partial charge in [-0.2, -0.15) is 0 Å². The molecule has 4 atom stereocenters. The maximum atomic E-state index is 12.1. The van der Waals surface area contributed by atoms with Crippen LogP contribution < -0.4 is 5.32 Å². The molecule has 0 aromatic heterocycles. The van der Waals surface area contributed by atoms with Crippen LogP contribution in [0.25, 0.3) is 0 Å². The maximum Gasteiger partial charge on any atom is 0.317 e. The lowest BCUT2D eigenvalue weighted by Gasteiger charge is -2.43. The first-order chi connectivity index (χ1) is 9.38. The molecule has 114 valence electrons. The van der Waals surface area contributed by atoms with E-state index in [1.807, 2.05) is 0 Å². The zero-order valence-electron chi connectivity index (χ0n) is 12.6. The summed E-state index contributed by atoms with van der Waals surface area (Å²) in [4.78, 5) is 24.7. The minimum Gasteiger partial charge on any atom is -0.481 e. The summed E-state index contributed by atoms with van der Waals surface area (Å²) < 4.78 is 0. The normalized spacial score (nSPS) is 32.4. The number of carbonyl (C=O) groups excluding carboxylic acids is 1. The monoisotopic (exact) mass is 282 g/mol. The van der Waals surface area contributed by atoms with E-state index in [2.05, 4.69) is 19.2 Å². The predicted octanol–water partition coefficient (Wildman–Crippen LogP) is 2.17. The van der Waals surface area contributed by atoms with Gasteiger partial charge in [0.1, 0.15) is 0 Å². The van der Waals surface area contributed by atoms with Crippen molar-refractivity contribution < 1.29 is 14.7 Å². The molecule has 0 aromatic carbocycles. The second-order valence-electron chi connectivity index (χ2n) is 6.74. The number of aliphatic carboxylic acids is 1. The summed E-state index contributed by atoms with van der Waals surface area (Å²) in [6.45, 7) is 7.31. The number of carboxylic acids is 1. The molecule has 20 heavy (non-hydrogen) atoms. The van der Waals surface area contributed by atoms with E-state index < -0.39 is 5.97 Å². The van der Waals surface area contributed by atoms with E-state index >= 15 is 0 Å². The van der Waals surface area contributed by atoms with Gasteiger partial charge in [0, 0.05) is 25.0 Å². The van der Waals surface area contributed by atoms with Crippen molar-refractivity contribution in [1.82, 2.24) is 10.2 Å². The number of amides is 2. The van der Waals surface area contributed by atoms with Crippen LogP contribution in [-0.2, 0) is 4.79 Å². The number of carboxylic acid groups (broad SMARTS) is 1. The van der Waals surface area contributed by atoms with Crippen LogP contribution in [-0.4, -0.2) is 41.1 Å². The zero-order valence-corrected chi connectivity index (χ0v) is 12.6. The first-order valence-corrected chi connectivity index (χ1v) is 7.66. The number of carbonyl (C=O) groups is 2. The lowest BCUT2D eigenvalue weighted by atomic mass is 9.80. The minimum atomic E-state index is -0.773. The Morgan fingerprint density at radius 3 is 2.45 bits per heavy atom. The fourth-order valence-electron chi connectivity index (χ4n) is 3.33. The van der Waals surface area contributed by atoms with Crippen LogP contribution in [0.4, 0.5) is 4.79 Å². The van der Waals surface area contributed by atoms with E-state index in [9.17, 15) is 9.59 Å². The highest BCUT2D eigenvalue weighted by molar-refractivity contribution is 5.76. The summed E-state index contributed by atoms with van der Waals surface area (Å²) >= 11 is 0. The molecule has 2 aliphatic rings. The van der Waals surface area contributed by atoms with Gasteiger partial charge in [0.25, 0.3) is 0 Å². The largest absolute Gasteiger partial charge is 0.481 e. The first-order valence-electron chi connectivity index (χ1n) is 7.66. The molecule has 2 amide bonds. The number of nitrogens with one attached hydrogen (secondary N) is 1. The van der Waals surface area contributed by atoms with Crippen molar-refractivity contribution in [1.29, 1.82) is 0 Å². The van der Waals surface area contributed by atoms with Gasteiger partial charge in [-0.05, 0) is 31.1 Å². The average molecular weight is 282 g/mol. The van der Waals surface area contributed by atoms with Crippen molar-refractivity contribution >= 4 is 12.0 Å². The van der Waals surface area contributed by atoms with E-state index in [0.717, 1.165) is 12.3 Å².